The number of esters is 2. The number of rotatable bonds is 11. The molecule has 0 saturated heterocycles. The maximum Gasteiger partial charge on any atom is 0.338 e. The van der Waals surface area contributed by atoms with Gasteiger partial charge in [0.1, 0.15) is 5.76 Å². The number of carbonyl (C=O) groups is 2. The van der Waals surface area contributed by atoms with Crippen LogP contribution in [0.2, 0.25) is 0 Å². The van der Waals surface area contributed by atoms with Crippen LogP contribution in [-0.2, 0) is 19.1 Å². The topological polar surface area (TPSA) is 52.6 Å². The first-order chi connectivity index (χ1) is 9.84. The second-order valence-electron chi connectivity index (χ2n) is 5.14. The molecule has 4 nitrogen and oxygen atoms in total. The Hall–Kier alpha value is -1.84. The fourth-order valence-corrected chi connectivity index (χ4v) is 1.51. The number of unbranched alkanes of at least 4 members (excludes halogenated alkanes) is 4. The van der Waals surface area contributed by atoms with E-state index in [-0.39, 0.29) is 5.97 Å². The molecule has 118 valence electrons. The van der Waals surface area contributed by atoms with Gasteiger partial charge in [-0.1, -0.05) is 39.0 Å². The minimum absolute atomic E-state index is 0.328. The molecule has 0 radical (unpaired) electrons. The summed E-state index contributed by atoms with van der Waals surface area (Å²) in [6, 6.07) is 0. The number of hydrogen-bond donors (Lipinski definition) is 0. The first-order valence-electron chi connectivity index (χ1n) is 7.22. The summed E-state index contributed by atoms with van der Waals surface area (Å²) in [5, 5.41) is 0. The van der Waals surface area contributed by atoms with Crippen LogP contribution in [0.3, 0.4) is 0 Å². The van der Waals surface area contributed by atoms with Crippen LogP contribution in [0.15, 0.2) is 36.6 Å². The van der Waals surface area contributed by atoms with Crippen LogP contribution in [0.1, 0.15) is 52.4 Å². The van der Waals surface area contributed by atoms with E-state index in [0.717, 1.165) is 32.1 Å². The largest absolute Gasteiger partial charge is 0.462 e. The quantitative estimate of drug-likeness (QED) is 0.249. The van der Waals surface area contributed by atoms with Crippen molar-refractivity contribution >= 4 is 11.9 Å². The summed E-state index contributed by atoms with van der Waals surface area (Å²) >= 11 is 0. The van der Waals surface area contributed by atoms with Gasteiger partial charge in [-0.2, -0.15) is 0 Å². The molecule has 0 heterocycles. The smallest absolute Gasteiger partial charge is 0.338 e. The normalized spacial score (nSPS) is 9.81. The van der Waals surface area contributed by atoms with Gasteiger partial charge in [0.25, 0.3) is 0 Å². The van der Waals surface area contributed by atoms with E-state index in [9.17, 15) is 9.59 Å². The zero-order valence-corrected chi connectivity index (χ0v) is 13.2. The van der Waals surface area contributed by atoms with Gasteiger partial charge in [-0.3, -0.25) is 0 Å². The molecule has 0 atom stereocenters. The van der Waals surface area contributed by atoms with Crippen LogP contribution >= 0.6 is 0 Å². The summed E-state index contributed by atoms with van der Waals surface area (Å²) < 4.78 is 10.0. The Morgan fingerprint density at radius 2 is 1.33 bits per heavy atom. The predicted octanol–water partition coefficient (Wildman–Crippen LogP) is 4.08. The second kappa shape index (κ2) is 10.9. The van der Waals surface area contributed by atoms with E-state index in [2.05, 4.69) is 19.7 Å². The van der Waals surface area contributed by atoms with Crippen LogP contribution in [0.5, 0.6) is 0 Å². The standard InChI is InChI=1S/C17H26O4/c1-13(2)16(18)20-12-10-8-6-7-9-11-15(5)21-17(19)14(3)4/h1,3,5-12H2,2,4H3. The Balaban J connectivity index is 3.46. The fraction of sp³-hybridized carbons (Fsp3) is 0.529. The van der Waals surface area contributed by atoms with Crippen molar-refractivity contribution in [2.45, 2.75) is 52.4 Å². The highest BCUT2D eigenvalue weighted by Crippen LogP contribution is 2.12. The lowest BCUT2D eigenvalue weighted by atomic mass is 10.1. The van der Waals surface area contributed by atoms with Gasteiger partial charge in [0.05, 0.1) is 6.61 Å². The highest BCUT2D eigenvalue weighted by atomic mass is 16.5. The van der Waals surface area contributed by atoms with Gasteiger partial charge < -0.3 is 9.47 Å². The van der Waals surface area contributed by atoms with Gasteiger partial charge in [0.2, 0.25) is 0 Å². The third-order valence-corrected chi connectivity index (χ3v) is 2.77. The average Bonchev–Trinajstić information content (AvgIpc) is 2.40. The summed E-state index contributed by atoms with van der Waals surface area (Å²) in [5.41, 5.74) is 0.804. The van der Waals surface area contributed by atoms with E-state index in [0.29, 0.717) is 29.9 Å². The number of carbonyl (C=O) groups excluding carboxylic acids is 2. The molecule has 0 aromatic carbocycles. The Bertz CT molecular complexity index is 407. The molecule has 21 heavy (non-hydrogen) atoms. The van der Waals surface area contributed by atoms with E-state index in [1.807, 2.05) is 0 Å². The fourth-order valence-electron chi connectivity index (χ4n) is 1.51. The Kier molecular flexibility index (Phi) is 9.94. The van der Waals surface area contributed by atoms with E-state index >= 15 is 0 Å². The van der Waals surface area contributed by atoms with Crippen molar-refractivity contribution in [3.8, 4) is 0 Å². The maximum atomic E-state index is 11.2. The van der Waals surface area contributed by atoms with Crippen molar-refractivity contribution in [3.63, 3.8) is 0 Å². The van der Waals surface area contributed by atoms with Crippen LogP contribution in [0, 0.1) is 0 Å². The van der Waals surface area contributed by atoms with Crippen LogP contribution in [0.25, 0.3) is 0 Å². The molecule has 0 N–H and O–H groups in total. The van der Waals surface area contributed by atoms with Crippen LogP contribution in [0.4, 0.5) is 0 Å². The lowest BCUT2D eigenvalue weighted by molar-refractivity contribution is -0.139. The highest BCUT2D eigenvalue weighted by Gasteiger charge is 2.06. The first-order valence-corrected chi connectivity index (χ1v) is 7.22. The molecule has 0 aliphatic carbocycles. The number of allylic oxidation sites excluding steroid dienone is 1. The summed E-state index contributed by atoms with van der Waals surface area (Å²) in [7, 11) is 0. The second-order valence-corrected chi connectivity index (χ2v) is 5.14. The Labute approximate surface area is 127 Å². The van der Waals surface area contributed by atoms with Crippen LogP contribution < -0.4 is 0 Å². The van der Waals surface area contributed by atoms with Crippen LogP contribution in [-0.4, -0.2) is 18.5 Å². The molecule has 0 fully saturated rings. The lowest BCUT2D eigenvalue weighted by Crippen LogP contribution is -2.06. The van der Waals surface area contributed by atoms with E-state index in [1.165, 1.54) is 0 Å². The zero-order chi connectivity index (χ0) is 16.3. The molecule has 0 unspecified atom stereocenters. The Morgan fingerprint density at radius 1 is 0.810 bits per heavy atom. The molecule has 0 aliphatic rings. The minimum atomic E-state index is -0.417. The van der Waals surface area contributed by atoms with Gasteiger partial charge in [-0.05, 0) is 26.7 Å². The van der Waals surface area contributed by atoms with Gasteiger partial charge in [0, 0.05) is 17.6 Å². The van der Waals surface area contributed by atoms with Gasteiger partial charge in [0.15, 0.2) is 0 Å². The highest BCUT2D eigenvalue weighted by molar-refractivity contribution is 5.87. The Morgan fingerprint density at radius 3 is 1.90 bits per heavy atom. The van der Waals surface area contributed by atoms with Crippen molar-refractivity contribution in [3.05, 3.63) is 36.6 Å². The number of ether oxygens (including phenoxy) is 2. The van der Waals surface area contributed by atoms with Crippen molar-refractivity contribution in [2.24, 2.45) is 0 Å². The van der Waals surface area contributed by atoms with Crippen molar-refractivity contribution in [2.75, 3.05) is 6.61 Å². The summed E-state index contributed by atoms with van der Waals surface area (Å²) in [5.74, 6) is -0.261. The zero-order valence-electron chi connectivity index (χ0n) is 13.2. The molecule has 0 spiro atoms. The average molecular weight is 294 g/mol. The molecule has 0 aromatic rings. The van der Waals surface area contributed by atoms with E-state index in [1.54, 1.807) is 13.8 Å². The molecular formula is C17H26O4. The molecule has 0 rings (SSSR count). The first kappa shape index (κ1) is 19.2. The van der Waals surface area contributed by atoms with Gasteiger partial charge in [-0.25, -0.2) is 9.59 Å². The summed E-state index contributed by atoms with van der Waals surface area (Å²) in [6.07, 6.45) is 5.52. The minimum Gasteiger partial charge on any atom is -0.462 e. The molecule has 0 bridgehead atoms. The molecular weight excluding hydrogens is 268 g/mol. The molecule has 0 saturated carbocycles. The third kappa shape index (κ3) is 10.6. The summed E-state index contributed by atoms with van der Waals surface area (Å²) in [6.45, 7) is 14.4. The van der Waals surface area contributed by atoms with Crippen molar-refractivity contribution in [1.82, 2.24) is 0 Å². The van der Waals surface area contributed by atoms with Crippen molar-refractivity contribution in [1.29, 1.82) is 0 Å². The molecule has 0 amide bonds. The lowest BCUT2D eigenvalue weighted by Gasteiger charge is -2.07. The molecule has 0 aromatic heterocycles. The van der Waals surface area contributed by atoms with E-state index in [4.69, 9.17) is 9.47 Å². The SMILES string of the molecule is C=C(CCCCCCCOC(=O)C(=C)C)OC(=O)C(=C)C. The predicted molar refractivity (Wildman–Crippen MR) is 83.5 cm³/mol. The summed E-state index contributed by atoms with van der Waals surface area (Å²) in [4.78, 5) is 22.3. The molecule has 4 heteroatoms. The number of hydrogen-bond acceptors (Lipinski definition) is 4. The van der Waals surface area contributed by atoms with Gasteiger partial charge >= 0.3 is 11.9 Å². The molecule has 0 aliphatic heterocycles. The van der Waals surface area contributed by atoms with E-state index < -0.39 is 5.97 Å². The third-order valence-electron chi connectivity index (χ3n) is 2.77. The van der Waals surface area contributed by atoms with Gasteiger partial charge in [-0.15, -0.1) is 0 Å². The monoisotopic (exact) mass is 294 g/mol. The maximum absolute atomic E-state index is 11.2. The van der Waals surface area contributed by atoms with Crippen molar-refractivity contribution < 1.29 is 19.1 Å².